The zero-order chi connectivity index (χ0) is 21.0. The van der Waals surface area contributed by atoms with Gasteiger partial charge < -0.3 is 4.74 Å². The van der Waals surface area contributed by atoms with Crippen LogP contribution in [0.2, 0.25) is 5.15 Å². The molecule has 1 N–H and O–H groups in total. The number of hydrogen-bond donors (Lipinski definition) is 1. The third-order valence-electron chi connectivity index (χ3n) is 3.89. The van der Waals surface area contributed by atoms with Crippen molar-refractivity contribution in [3.63, 3.8) is 0 Å². The van der Waals surface area contributed by atoms with E-state index in [2.05, 4.69) is 25.5 Å². The van der Waals surface area contributed by atoms with E-state index in [9.17, 15) is 13.6 Å². The van der Waals surface area contributed by atoms with E-state index in [0.717, 1.165) is 11.3 Å². The summed E-state index contributed by atoms with van der Waals surface area (Å²) in [5.74, 6) is -0.0294. The molecule has 0 aromatic carbocycles. The average molecular weight is 440 g/mol. The summed E-state index contributed by atoms with van der Waals surface area (Å²) in [4.78, 5) is 21.0. The third-order valence-corrected chi connectivity index (χ3v) is 5.00. The first-order chi connectivity index (χ1) is 13.9. The van der Waals surface area contributed by atoms with E-state index in [-0.39, 0.29) is 28.7 Å². The van der Waals surface area contributed by atoms with Gasteiger partial charge in [-0.15, -0.1) is 10.2 Å². The Labute approximate surface area is 174 Å². The molecule has 0 atom stereocenters. The maximum absolute atomic E-state index is 12.9. The van der Waals surface area contributed by atoms with Gasteiger partial charge in [-0.2, -0.15) is 0 Å². The lowest BCUT2D eigenvalue weighted by Crippen LogP contribution is -2.14. The fourth-order valence-corrected chi connectivity index (χ4v) is 3.46. The largest absolute Gasteiger partial charge is 0.494 e. The van der Waals surface area contributed by atoms with Crippen LogP contribution in [0, 0.1) is 6.92 Å². The monoisotopic (exact) mass is 439 g/mol. The molecule has 0 radical (unpaired) electrons. The number of halogens is 3. The molecule has 3 aromatic rings. The molecule has 3 heterocycles. The molecule has 0 aliphatic rings. The molecule has 152 valence electrons. The first kappa shape index (κ1) is 21.0. The summed E-state index contributed by atoms with van der Waals surface area (Å²) in [6.07, 6.45) is 0.272. The molecule has 0 saturated carbocycles. The van der Waals surface area contributed by atoms with Crippen molar-refractivity contribution in [2.75, 3.05) is 12.4 Å². The normalized spacial score (nSPS) is 11.0. The minimum Gasteiger partial charge on any atom is -0.494 e. The number of hydrogen-bond acceptors (Lipinski definition) is 7. The lowest BCUT2D eigenvalue weighted by molar-refractivity contribution is 0.102. The zero-order valence-electron chi connectivity index (χ0n) is 15.4. The number of nitrogens with one attached hydrogen (secondary N) is 1. The minimum atomic E-state index is -2.42. The third kappa shape index (κ3) is 5.21. The average Bonchev–Trinajstić information content (AvgIpc) is 3.13. The quantitative estimate of drug-likeness (QED) is 0.548. The highest BCUT2D eigenvalue weighted by Crippen LogP contribution is 2.34. The highest BCUT2D eigenvalue weighted by atomic mass is 35.5. The summed E-state index contributed by atoms with van der Waals surface area (Å²) >= 11 is 7.08. The number of carbonyl (C=O) groups is 1. The van der Waals surface area contributed by atoms with Crippen LogP contribution in [0.5, 0.6) is 5.75 Å². The van der Waals surface area contributed by atoms with Gasteiger partial charge in [-0.05, 0) is 19.1 Å². The number of ether oxygens (including phenoxy) is 1. The predicted molar refractivity (Wildman–Crippen MR) is 106 cm³/mol. The van der Waals surface area contributed by atoms with E-state index in [1.807, 2.05) is 0 Å². The molecule has 11 heteroatoms. The molecule has 3 aromatic heterocycles. The Kier molecular flexibility index (Phi) is 6.65. The topological polar surface area (TPSA) is 89.9 Å². The number of carbonyl (C=O) groups excluding carboxylic acids is 1. The second kappa shape index (κ2) is 9.19. The zero-order valence-corrected chi connectivity index (χ0v) is 17.0. The van der Waals surface area contributed by atoms with Gasteiger partial charge in [-0.1, -0.05) is 22.9 Å². The highest BCUT2D eigenvalue weighted by Gasteiger charge is 2.19. The summed E-state index contributed by atoms with van der Waals surface area (Å²) in [5.41, 5.74) is 2.09. The maximum Gasteiger partial charge on any atom is 0.259 e. The molecule has 7 nitrogen and oxygen atoms in total. The van der Waals surface area contributed by atoms with E-state index in [0.29, 0.717) is 27.6 Å². The van der Waals surface area contributed by atoms with Gasteiger partial charge in [0.15, 0.2) is 0 Å². The molecule has 0 saturated heterocycles. The summed E-state index contributed by atoms with van der Waals surface area (Å²) in [7, 11) is 1.49. The number of methoxy groups -OCH3 is 1. The first-order valence-electron chi connectivity index (χ1n) is 8.45. The smallest absolute Gasteiger partial charge is 0.259 e. The fourth-order valence-electron chi connectivity index (χ4n) is 2.56. The molecular weight excluding hydrogens is 424 g/mol. The van der Waals surface area contributed by atoms with E-state index in [1.54, 1.807) is 19.1 Å². The summed E-state index contributed by atoms with van der Waals surface area (Å²) in [6.45, 7) is 1.79. The molecule has 0 bridgehead atoms. The van der Waals surface area contributed by atoms with Crippen LogP contribution in [0.15, 0.2) is 24.5 Å². The first-order valence-corrected chi connectivity index (χ1v) is 9.65. The minimum absolute atomic E-state index is 0.0925. The number of nitrogens with zero attached hydrogens (tertiary/aromatic N) is 4. The van der Waals surface area contributed by atoms with Crippen molar-refractivity contribution in [2.45, 2.75) is 26.2 Å². The van der Waals surface area contributed by atoms with Crippen LogP contribution in [-0.4, -0.2) is 39.6 Å². The molecule has 3 rings (SSSR count). The van der Waals surface area contributed by atoms with Crippen LogP contribution in [0.25, 0.3) is 11.1 Å². The molecule has 0 aliphatic carbocycles. The van der Waals surface area contributed by atoms with Gasteiger partial charge in [-0.25, -0.2) is 13.8 Å². The SMILES string of the molecule is COc1cnc(Cl)cc1-c1cc(C)ncc1C(=O)Nc1nnc(CCC(F)F)s1. The van der Waals surface area contributed by atoms with Gasteiger partial charge in [0.25, 0.3) is 5.91 Å². The lowest BCUT2D eigenvalue weighted by atomic mass is 10.0. The van der Waals surface area contributed by atoms with Crippen LogP contribution < -0.4 is 10.1 Å². The van der Waals surface area contributed by atoms with Crippen LogP contribution >= 0.6 is 22.9 Å². The van der Waals surface area contributed by atoms with Crippen LogP contribution in [0.1, 0.15) is 27.5 Å². The molecule has 0 unspecified atom stereocenters. The van der Waals surface area contributed by atoms with Crippen LogP contribution in [0.3, 0.4) is 0 Å². The van der Waals surface area contributed by atoms with Crippen molar-refractivity contribution in [3.05, 3.63) is 45.9 Å². The number of pyridine rings is 2. The van der Waals surface area contributed by atoms with Crippen molar-refractivity contribution in [1.29, 1.82) is 0 Å². The molecular formula is C18H16ClF2N5O2S. The number of aromatic nitrogens is 4. The standard InChI is InChI=1S/C18H16ClF2N5O2S/c1-9-5-10(11-6-14(19)23-8-13(11)28-2)12(7-22-9)17(27)24-18-26-25-16(29-18)4-3-15(20)21/h5-8,15H,3-4H2,1-2H3,(H,24,26,27). The maximum atomic E-state index is 12.9. The summed E-state index contributed by atoms with van der Waals surface area (Å²) in [5, 5.41) is 11.2. The molecule has 0 aliphatic heterocycles. The fraction of sp³-hybridized carbons (Fsp3) is 0.278. The van der Waals surface area contributed by atoms with Crippen molar-refractivity contribution < 1.29 is 18.3 Å². The van der Waals surface area contributed by atoms with Crippen LogP contribution in [-0.2, 0) is 6.42 Å². The second-order valence-corrected chi connectivity index (χ2v) is 7.41. The van der Waals surface area contributed by atoms with E-state index in [1.165, 1.54) is 19.5 Å². The number of anilines is 1. The van der Waals surface area contributed by atoms with Crippen molar-refractivity contribution in [1.82, 2.24) is 20.2 Å². The van der Waals surface area contributed by atoms with E-state index < -0.39 is 12.3 Å². The Morgan fingerprint density at radius 2 is 2.03 bits per heavy atom. The lowest BCUT2D eigenvalue weighted by Gasteiger charge is -2.13. The van der Waals surface area contributed by atoms with Crippen molar-refractivity contribution in [2.24, 2.45) is 0 Å². The number of amides is 1. The van der Waals surface area contributed by atoms with Gasteiger partial charge >= 0.3 is 0 Å². The van der Waals surface area contributed by atoms with Crippen LogP contribution in [0.4, 0.5) is 13.9 Å². The Bertz CT molecular complexity index is 1030. The Morgan fingerprint density at radius 1 is 1.24 bits per heavy atom. The number of aryl methyl sites for hydroxylation is 2. The summed E-state index contributed by atoms with van der Waals surface area (Å²) in [6, 6.07) is 3.33. The molecule has 0 fully saturated rings. The predicted octanol–water partition coefficient (Wildman–Crippen LogP) is 4.42. The second-order valence-electron chi connectivity index (χ2n) is 5.96. The Morgan fingerprint density at radius 3 is 2.76 bits per heavy atom. The van der Waals surface area contributed by atoms with E-state index >= 15 is 0 Å². The van der Waals surface area contributed by atoms with Gasteiger partial charge in [0.1, 0.15) is 15.9 Å². The number of alkyl halides is 2. The Hall–Kier alpha value is -2.72. The molecule has 29 heavy (non-hydrogen) atoms. The highest BCUT2D eigenvalue weighted by molar-refractivity contribution is 7.15. The summed E-state index contributed by atoms with van der Waals surface area (Å²) < 4.78 is 30.0. The number of rotatable bonds is 7. The van der Waals surface area contributed by atoms with Gasteiger partial charge in [0, 0.05) is 35.9 Å². The van der Waals surface area contributed by atoms with Crippen molar-refractivity contribution >= 4 is 34.0 Å². The van der Waals surface area contributed by atoms with Gasteiger partial charge in [0.2, 0.25) is 11.6 Å². The van der Waals surface area contributed by atoms with Gasteiger partial charge in [0.05, 0.1) is 18.9 Å². The molecule has 1 amide bonds. The molecule has 0 spiro atoms. The van der Waals surface area contributed by atoms with Gasteiger partial charge in [-0.3, -0.25) is 15.1 Å². The van der Waals surface area contributed by atoms with Crippen molar-refractivity contribution in [3.8, 4) is 16.9 Å². The van der Waals surface area contributed by atoms with E-state index in [4.69, 9.17) is 16.3 Å². The Balaban J connectivity index is 1.90.